The molecule has 8 nitrogen and oxygen atoms in total. The average molecular weight is 463 g/mol. The molecule has 0 spiro atoms. The van der Waals surface area contributed by atoms with Crippen LogP contribution >= 0.6 is 11.6 Å². The van der Waals surface area contributed by atoms with Gasteiger partial charge in [-0.1, -0.05) is 17.7 Å². The maximum absolute atomic E-state index is 12.7. The minimum Gasteiger partial charge on any atom is -0.450 e. The molecule has 1 N–H and O–H groups in total. The maximum atomic E-state index is 12.7. The molecular weight excluding hydrogens is 444 g/mol. The van der Waals surface area contributed by atoms with Gasteiger partial charge in [-0.2, -0.15) is 4.31 Å². The van der Waals surface area contributed by atoms with Gasteiger partial charge in [0.1, 0.15) is 5.58 Å². The molecule has 1 aliphatic heterocycles. The summed E-state index contributed by atoms with van der Waals surface area (Å²) in [5, 5.41) is 3.68. The zero-order valence-electron chi connectivity index (χ0n) is 16.3. The van der Waals surface area contributed by atoms with Gasteiger partial charge >= 0.3 is 5.97 Å². The zero-order valence-corrected chi connectivity index (χ0v) is 17.9. The van der Waals surface area contributed by atoms with E-state index in [2.05, 4.69) is 5.32 Å². The van der Waals surface area contributed by atoms with Gasteiger partial charge < -0.3 is 14.5 Å². The van der Waals surface area contributed by atoms with Crippen molar-refractivity contribution in [3.8, 4) is 0 Å². The summed E-state index contributed by atoms with van der Waals surface area (Å²) in [5.41, 5.74) is 0.761. The molecule has 0 unspecified atom stereocenters. The van der Waals surface area contributed by atoms with E-state index in [4.69, 9.17) is 20.8 Å². The Morgan fingerprint density at radius 2 is 1.87 bits per heavy atom. The van der Waals surface area contributed by atoms with E-state index in [0.717, 1.165) is 12.8 Å². The molecule has 3 aromatic rings. The van der Waals surface area contributed by atoms with Crippen molar-refractivity contribution in [2.45, 2.75) is 17.7 Å². The lowest BCUT2D eigenvalue weighted by Gasteiger charge is -2.16. The molecule has 4 rings (SSSR count). The second kappa shape index (κ2) is 8.70. The molecule has 2 aromatic carbocycles. The molecule has 0 atom stereocenters. The Labute approximate surface area is 183 Å². The Bertz CT molecular complexity index is 1250. The van der Waals surface area contributed by atoms with E-state index < -0.39 is 28.5 Å². The number of sulfonamides is 1. The van der Waals surface area contributed by atoms with Crippen LogP contribution in [0.4, 0.5) is 5.69 Å². The van der Waals surface area contributed by atoms with Crippen LogP contribution in [-0.2, 0) is 19.6 Å². The second-order valence-electron chi connectivity index (χ2n) is 7.06. The number of hydrogen-bond donors (Lipinski definition) is 1. The fourth-order valence-corrected chi connectivity index (χ4v) is 5.07. The number of halogens is 1. The standard InChI is InChI=1S/C21H19ClN2O6S/c22-15-6-7-18-14(10-15)11-19(30-18)21(26)29-13-20(25)23-16-4-3-5-17(12-16)31(27,28)24-8-1-2-9-24/h3-7,10-12H,1-2,8-9,13H2,(H,23,25). The summed E-state index contributed by atoms with van der Waals surface area (Å²) in [6.45, 7) is 0.422. The van der Waals surface area contributed by atoms with Gasteiger partial charge in [-0.05, 0) is 55.3 Å². The maximum Gasteiger partial charge on any atom is 0.374 e. The number of fused-ring (bicyclic) bond motifs is 1. The van der Waals surface area contributed by atoms with Gasteiger partial charge in [-0.25, -0.2) is 13.2 Å². The van der Waals surface area contributed by atoms with E-state index in [1.807, 2.05) is 0 Å². The molecule has 10 heteroatoms. The average Bonchev–Trinajstić information content (AvgIpc) is 3.42. The summed E-state index contributed by atoms with van der Waals surface area (Å²) in [6.07, 6.45) is 1.67. The molecule has 1 aromatic heterocycles. The first kappa shape index (κ1) is 21.4. The summed E-state index contributed by atoms with van der Waals surface area (Å²) in [5.74, 6) is -1.46. The molecule has 31 heavy (non-hydrogen) atoms. The number of nitrogens with one attached hydrogen (secondary N) is 1. The van der Waals surface area contributed by atoms with E-state index in [9.17, 15) is 18.0 Å². The number of carbonyl (C=O) groups excluding carboxylic acids is 2. The number of nitrogens with zero attached hydrogens (tertiary/aromatic N) is 1. The lowest BCUT2D eigenvalue weighted by atomic mass is 10.2. The molecule has 0 saturated carbocycles. The van der Waals surface area contributed by atoms with Crippen molar-refractivity contribution in [1.82, 2.24) is 4.31 Å². The third-order valence-electron chi connectivity index (χ3n) is 4.83. The number of ether oxygens (including phenoxy) is 1. The van der Waals surface area contributed by atoms with Crippen molar-refractivity contribution < 1.29 is 27.2 Å². The lowest BCUT2D eigenvalue weighted by molar-refractivity contribution is -0.119. The summed E-state index contributed by atoms with van der Waals surface area (Å²) in [6, 6.07) is 12.4. The summed E-state index contributed by atoms with van der Waals surface area (Å²) < 4.78 is 37.2. The first-order chi connectivity index (χ1) is 14.8. The number of furan rings is 1. The fraction of sp³-hybridized carbons (Fsp3) is 0.238. The van der Waals surface area contributed by atoms with E-state index in [-0.39, 0.29) is 10.7 Å². The highest BCUT2D eigenvalue weighted by molar-refractivity contribution is 7.89. The summed E-state index contributed by atoms with van der Waals surface area (Å²) in [7, 11) is -3.60. The normalized spacial score (nSPS) is 14.6. The summed E-state index contributed by atoms with van der Waals surface area (Å²) in [4.78, 5) is 24.5. The van der Waals surface area contributed by atoms with Gasteiger partial charge in [0.05, 0.1) is 4.90 Å². The van der Waals surface area contributed by atoms with Gasteiger partial charge in [0.25, 0.3) is 5.91 Å². The molecule has 0 bridgehead atoms. The van der Waals surface area contributed by atoms with Crippen LogP contribution in [-0.4, -0.2) is 44.3 Å². The third kappa shape index (κ3) is 4.73. The number of benzene rings is 2. The van der Waals surface area contributed by atoms with Crippen LogP contribution in [0.5, 0.6) is 0 Å². The number of anilines is 1. The topological polar surface area (TPSA) is 106 Å². The minimum atomic E-state index is -3.60. The van der Waals surface area contributed by atoms with Crippen molar-refractivity contribution >= 4 is 50.2 Å². The summed E-state index contributed by atoms with van der Waals surface area (Å²) >= 11 is 5.91. The monoisotopic (exact) mass is 462 g/mol. The van der Waals surface area contributed by atoms with E-state index in [1.54, 1.807) is 30.3 Å². The van der Waals surface area contributed by atoms with Crippen molar-refractivity contribution in [3.63, 3.8) is 0 Å². The number of rotatable bonds is 6. The molecule has 2 heterocycles. The molecule has 1 fully saturated rings. The molecular formula is C21H19ClN2O6S. The Morgan fingerprint density at radius 1 is 1.10 bits per heavy atom. The fourth-order valence-electron chi connectivity index (χ4n) is 3.33. The third-order valence-corrected chi connectivity index (χ3v) is 6.96. The van der Waals surface area contributed by atoms with Crippen molar-refractivity contribution in [3.05, 3.63) is 59.3 Å². The van der Waals surface area contributed by atoms with Crippen LogP contribution in [0.25, 0.3) is 11.0 Å². The van der Waals surface area contributed by atoms with Gasteiger partial charge in [-0.3, -0.25) is 4.79 Å². The smallest absolute Gasteiger partial charge is 0.374 e. The van der Waals surface area contributed by atoms with Crippen LogP contribution in [0.1, 0.15) is 23.4 Å². The van der Waals surface area contributed by atoms with Gasteiger partial charge in [-0.15, -0.1) is 0 Å². The Hall–Kier alpha value is -2.88. The molecule has 162 valence electrons. The van der Waals surface area contributed by atoms with Gasteiger partial charge in [0.15, 0.2) is 6.61 Å². The SMILES string of the molecule is O=C(COC(=O)c1cc2cc(Cl)ccc2o1)Nc1cccc(S(=O)(=O)N2CCCC2)c1. The molecule has 1 saturated heterocycles. The highest BCUT2D eigenvalue weighted by atomic mass is 35.5. The molecule has 0 aliphatic carbocycles. The number of hydrogen-bond acceptors (Lipinski definition) is 6. The zero-order chi connectivity index (χ0) is 22.0. The highest BCUT2D eigenvalue weighted by Crippen LogP contribution is 2.24. The Morgan fingerprint density at radius 3 is 2.65 bits per heavy atom. The largest absolute Gasteiger partial charge is 0.450 e. The quantitative estimate of drug-likeness (QED) is 0.560. The Kier molecular flexibility index (Phi) is 5.99. The van der Waals surface area contributed by atoms with Gasteiger partial charge in [0.2, 0.25) is 15.8 Å². The predicted molar refractivity (Wildman–Crippen MR) is 115 cm³/mol. The van der Waals surface area contributed by atoms with Crippen molar-refractivity contribution in [2.24, 2.45) is 0 Å². The van der Waals surface area contributed by atoms with E-state index in [0.29, 0.717) is 34.8 Å². The van der Waals surface area contributed by atoms with Crippen LogP contribution in [0.2, 0.25) is 5.02 Å². The van der Waals surface area contributed by atoms with Crippen LogP contribution in [0.3, 0.4) is 0 Å². The number of esters is 1. The number of amides is 1. The van der Waals surface area contributed by atoms with Crippen LogP contribution in [0, 0.1) is 0 Å². The van der Waals surface area contributed by atoms with Crippen LogP contribution < -0.4 is 5.32 Å². The van der Waals surface area contributed by atoms with E-state index in [1.165, 1.54) is 22.5 Å². The van der Waals surface area contributed by atoms with Gasteiger partial charge in [0, 0.05) is 29.2 Å². The second-order valence-corrected chi connectivity index (χ2v) is 9.43. The first-order valence-electron chi connectivity index (χ1n) is 9.59. The highest BCUT2D eigenvalue weighted by Gasteiger charge is 2.27. The lowest BCUT2D eigenvalue weighted by Crippen LogP contribution is -2.28. The molecule has 0 radical (unpaired) electrons. The predicted octanol–water partition coefficient (Wildman–Crippen LogP) is 3.67. The molecule has 1 aliphatic rings. The van der Waals surface area contributed by atoms with Crippen molar-refractivity contribution in [1.29, 1.82) is 0 Å². The van der Waals surface area contributed by atoms with E-state index >= 15 is 0 Å². The first-order valence-corrected chi connectivity index (χ1v) is 11.4. The Balaban J connectivity index is 1.38. The minimum absolute atomic E-state index is 0.0521. The van der Waals surface area contributed by atoms with Crippen molar-refractivity contribution in [2.75, 3.05) is 25.0 Å². The number of carbonyl (C=O) groups is 2. The van der Waals surface area contributed by atoms with Crippen LogP contribution in [0.15, 0.2) is 57.8 Å². The molecule has 1 amide bonds.